The molecular weight excluding hydrogens is 290 g/mol. The number of rotatable bonds is 6. The highest BCUT2D eigenvalue weighted by atomic mass is 32.2. The number of piperidine rings is 1. The van der Waals surface area contributed by atoms with Crippen LogP contribution < -0.4 is 0 Å². The maximum Gasteiger partial charge on any atom is 0.229 e. The van der Waals surface area contributed by atoms with Crippen LogP contribution in [0.15, 0.2) is 4.52 Å². The van der Waals surface area contributed by atoms with Gasteiger partial charge in [0.1, 0.15) is 9.84 Å². The third kappa shape index (κ3) is 4.26. The predicted octanol–water partition coefficient (Wildman–Crippen LogP) is 1.56. The second kappa shape index (κ2) is 6.04. The lowest BCUT2D eigenvalue weighted by molar-refractivity contribution is 0.203. The van der Waals surface area contributed by atoms with Gasteiger partial charge < -0.3 is 9.42 Å². The Bertz CT molecular complexity index is 580. The molecule has 0 N–H and O–H groups in total. The van der Waals surface area contributed by atoms with Gasteiger partial charge in [0.05, 0.1) is 5.75 Å². The summed E-state index contributed by atoms with van der Waals surface area (Å²) in [6.07, 6.45) is 6.53. The molecule has 2 aliphatic rings. The second-order valence-electron chi connectivity index (χ2n) is 6.39. The normalized spacial score (nSPS) is 24.3. The van der Waals surface area contributed by atoms with Crippen molar-refractivity contribution in [2.45, 2.75) is 43.9 Å². The van der Waals surface area contributed by atoms with Gasteiger partial charge in [0.15, 0.2) is 5.82 Å². The van der Waals surface area contributed by atoms with Crippen molar-refractivity contribution in [3.63, 3.8) is 0 Å². The third-order valence-electron chi connectivity index (χ3n) is 4.24. The molecule has 0 unspecified atom stereocenters. The van der Waals surface area contributed by atoms with Crippen molar-refractivity contribution in [2.24, 2.45) is 0 Å². The zero-order chi connectivity index (χ0) is 14.9. The number of nitrogens with zero attached hydrogens (tertiary/aromatic N) is 3. The minimum Gasteiger partial charge on any atom is -0.339 e. The third-order valence-corrected chi connectivity index (χ3v) is 5.27. The molecular formula is C14H23N3O3S. The van der Waals surface area contributed by atoms with Crippen LogP contribution >= 0.6 is 0 Å². The van der Waals surface area contributed by atoms with E-state index in [0.29, 0.717) is 18.3 Å². The lowest BCUT2D eigenvalue weighted by Gasteiger charge is -2.31. The van der Waals surface area contributed by atoms with E-state index in [1.54, 1.807) is 0 Å². The Morgan fingerprint density at radius 2 is 2.10 bits per heavy atom. The Morgan fingerprint density at radius 1 is 1.29 bits per heavy atom. The van der Waals surface area contributed by atoms with Gasteiger partial charge in [0, 0.05) is 24.6 Å². The highest BCUT2D eigenvalue weighted by Gasteiger charge is 2.32. The molecule has 1 aromatic heterocycles. The van der Waals surface area contributed by atoms with E-state index in [4.69, 9.17) is 4.52 Å². The SMILES string of the molecule is CS(=O)(=O)CCCN1CCC[C@H](c2noc(C3CC3)n2)C1. The molecule has 7 heteroatoms. The molecule has 118 valence electrons. The molecule has 0 amide bonds. The van der Waals surface area contributed by atoms with Crippen LogP contribution in [0.1, 0.15) is 55.7 Å². The van der Waals surface area contributed by atoms with Gasteiger partial charge in [-0.2, -0.15) is 4.98 Å². The molecule has 1 saturated carbocycles. The molecule has 21 heavy (non-hydrogen) atoms. The van der Waals surface area contributed by atoms with E-state index in [1.807, 2.05) is 0 Å². The Hall–Kier alpha value is -0.950. The van der Waals surface area contributed by atoms with E-state index in [-0.39, 0.29) is 5.75 Å². The predicted molar refractivity (Wildman–Crippen MR) is 79.0 cm³/mol. The molecule has 1 aliphatic heterocycles. The van der Waals surface area contributed by atoms with Gasteiger partial charge >= 0.3 is 0 Å². The van der Waals surface area contributed by atoms with E-state index < -0.39 is 9.84 Å². The summed E-state index contributed by atoms with van der Waals surface area (Å²) in [5.74, 6) is 2.74. The lowest BCUT2D eigenvalue weighted by Crippen LogP contribution is -2.36. The quantitative estimate of drug-likeness (QED) is 0.793. The van der Waals surface area contributed by atoms with E-state index in [2.05, 4.69) is 15.0 Å². The van der Waals surface area contributed by atoms with Gasteiger partial charge in [-0.05, 0) is 45.2 Å². The van der Waals surface area contributed by atoms with Gasteiger partial charge in [-0.1, -0.05) is 5.16 Å². The molecule has 0 spiro atoms. The molecule has 2 heterocycles. The molecule has 1 saturated heterocycles. The summed E-state index contributed by atoms with van der Waals surface area (Å²) in [6.45, 7) is 2.78. The molecule has 0 radical (unpaired) electrons. The van der Waals surface area contributed by atoms with Crippen LogP contribution in [0.3, 0.4) is 0 Å². The van der Waals surface area contributed by atoms with Crippen LogP contribution in [-0.2, 0) is 9.84 Å². The summed E-state index contributed by atoms with van der Waals surface area (Å²) in [7, 11) is -2.86. The van der Waals surface area contributed by atoms with Crippen molar-refractivity contribution in [2.75, 3.05) is 31.6 Å². The van der Waals surface area contributed by atoms with Gasteiger partial charge in [0.25, 0.3) is 0 Å². The molecule has 6 nitrogen and oxygen atoms in total. The maximum atomic E-state index is 11.2. The van der Waals surface area contributed by atoms with Crippen LogP contribution in [0.5, 0.6) is 0 Å². The minimum atomic E-state index is -2.86. The van der Waals surface area contributed by atoms with Gasteiger partial charge in [0.2, 0.25) is 5.89 Å². The molecule has 1 aromatic rings. The standard InChI is InChI=1S/C14H23N3O3S/c1-21(18,19)9-3-8-17-7-2-4-12(10-17)13-15-14(20-16-13)11-5-6-11/h11-12H,2-10H2,1H3/t12-/m0/s1. The number of likely N-dealkylation sites (tertiary alicyclic amines) is 1. The van der Waals surface area contributed by atoms with Crippen LogP contribution in [0.25, 0.3) is 0 Å². The minimum absolute atomic E-state index is 0.266. The summed E-state index contributed by atoms with van der Waals surface area (Å²) in [5.41, 5.74) is 0. The van der Waals surface area contributed by atoms with Gasteiger partial charge in [-0.25, -0.2) is 8.42 Å². The molecule has 0 bridgehead atoms. The largest absolute Gasteiger partial charge is 0.339 e. The summed E-state index contributed by atoms with van der Waals surface area (Å²) in [4.78, 5) is 6.88. The average molecular weight is 313 g/mol. The molecule has 0 aromatic carbocycles. The zero-order valence-corrected chi connectivity index (χ0v) is 13.3. The van der Waals surface area contributed by atoms with Crippen molar-refractivity contribution in [3.05, 3.63) is 11.7 Å². The Balaban J connectivity index is 1.52. The maximum absolute atomic E-state index is 11.2. The van der Waals surface area contributed by atoms with E-state index in [9.17, 15) is 8.42 Å². The van der Waals surface area contributed by atoms with Crippen molar-refractivity contribution >= 4 is 9.84 Å². The fourth-order valence-electron chi connectivity index (χ4n) is 2.93. The number of aromatic nitrogens is 2. The zero-order valence-electron chi connectivity index (χ0n) is 12.5. The summed E-state index contributed by atoms with van der Waals surface area (Å²) < 4.78 is 27.7. The summed E-state index contributed by atoms with van der Waals surface area (Å²) in [6, 6.07) is 0. The van der Waals surface area contributed by atoms with Gasteiger partial charge in [-0.3, -0.25) is 0 Å². The van der Waals surface area contributed by atoms with E-state index in [1.165, 1.54) is 19.1 Å². The average Bonchev–Trinajstić information content (AvgIpc) is 3.15. The lowest BCUT2D eigenvalue weighted by atomic mass is 9.97. The summed E-state index contributed by atoms with van der Waals surface area (Å²) >= 11 is 0. The highest BCUT2D eigenvalue weighted by Crippen LogP contribution is 2.39. The van der Waals surface area contributed by atoms with E-state index >= 15 is 0 Å². The number of hydrogen-bond donors (Lipinski definition) is 0. The van der Waals surface area contributed by atoms with Gasteiger partial charge in [-0.15, -0.1) is 0 Å². The first kappa shape index (κ1) is 15.0. The van der Waals surface area contributed by atoms with Crippen LogP contribution in [0.4, 0.5) is 0 Å². The highest BCUT2D eigenvalue weighted by molar-refractivity contribution is 7.90. The Labute approximate surface area is 125 Å². The Morgan fingerprint density at radius 3 is 2.81 bits per heavy atom. The van der Waals surface area contributed by atoms with E-state index in [0.717, 1.165) is 44.2 Å². The van der Waals surface area contributed by atoms with Crippen LogP contribution in [0.2, 0.25) is 0 Å². The molecule has 2 fully saturated rings. The van der Waals surface area contributed by atoms with Crippen molar-refractivity contribution in [1.82, 2.24) is 15.0 Å². The Kier molecular flexibility index (Phi) is 4.31. The molecule has 3 rings (SSSR count). The second-order valence-corrected chi connectivity index (χ2v) is 8.65. The monoisotopic (exact) mass is 313 g/mol. The number of hydrogen-bond acceptors (Lipinski definition) is 6. The van der Waals surface area contributed by atoms with Crippen molar-refractivity contribution in [1.29, 1.82) is 0 Å². The molecule has 1 aliphatic carbocycles. The first-order valence-corrected chi connectivity index (χ1v) is 9.81. The first-order valence-electron chi connectivity index (χ1n) is 7.75. The van der Waals surface area contributed by atoms with Crippen molar-refractivity contribution in [3.8, 4) is 0 Å². The smallest absolute Gasteiger partial charge is 0.229 e. The van der Waals surface area contributed by atoms with Crippen LogP contribution in [-0.4, -0.2) is 55.1 Å². The fourth-order valence-corrected chi connectivity index (χ4v) is 3.58. The molecule has 1 atom stereocenters. The van der Waals surface area contributed by atoms with Crippen LogP contribution in [0, 0.1) is 0 Å². The summed E-state index contributed by atoms with van der Waals surface area (Å²) in [5, 5.41) is 4.15. The fraction of sp³-hybridized carbons (Fsp3) is 0.857. The first-order chi connectivity index (χ1) is 10.0. The van der Waals surface area contributed by atoms with Crippen molar-refractivity contribution < 1.29 is 12.9 Å². The number of sulfone groups is 1. The topological polar surface area (TPSA) is 76.3 Å².